The fourth-order valence-electron chi connectivity index (χ4n) is 4.81. The number of halogens is 3. The van der Waals surface area contributed by atoms with Gasteiger partial charge < -0.3 is 14.6 Å². The van der Waals surface area contributed by atoms with E-state index in [9.17, 15) is 23.1 Å². The lowest BCUT2D eigenvalue weighted by atomic mass is 9.93. The molecular formula is C31H36F3N3O4. The Morgan fingerprint density at radius 1 is 0.927 bits per heavy atom. The first kappa shape index (κ1) is 30.6. The van der Waals surface area contributed by atoms with Crippen LogP contribution in [0.3, 0.4) is 0 Å². The van der Waals surface area contributed by atoms with Gasteiger partial charge in [0.1, 0.15) is 12.6 Å². The second kappa shape index (κ2) is 13.6. The molecule has 2 aromatic carbocycles. The molecule has 1 N–H and O–H groups in total. The minimum absolute atomic E-state index is 0.202. The van der Waals surface area contributed by atoms with Crippen molar-refractivity contribution >= 4 is 5.97 Å². The number of aliphatic hydroxyl groups is 1. The first-order valence-corrected chi connectivity index (χ1v) is 13.7. The van der Waals surface area contributed by atoms with Crippen LogP contribution >= 0.6 is 0 Å². The number of carbonyl (C=O) groups excluding carboxylic acids is 1. The van der Waals surface area contributed by atoms with E-state index in [2.05, 4.69) is 14.8 Å². The van der Waals surface area contributed by atoms with E-state index < -0.39 is 17.8 Å². The van der Waals surface area contributed by atoms with Gasteiger partial charge in [0.25, 0.3) is 0 Å². The van der Waals surface area contributed by atoms with Crippen LogP contribution in [0.15, 0.2) is 73.1 Å². The van der Waals surface area contributed by atoms with E-state index in [4.69, 9.17) is 9.47 Å². The third-order valence-electron chi connectivity index (χ3n) is 7.35. The third kappa shape index (κ3) is 7.91. The number of pyridine rings is 1. The monoisotopic (exact) mass is 571 g/mol. The maximum atomic E-state index is 13.2. The van der Waals surface area contributed by atoms with Gasteiger partial charge in [-0.1, -0.05) is 48.5 Å². The Balaban J connectivity index is 1.43. The van der Waals surface area contributed by atoms with Crippen LogP contribution in [0.25, 0.3) is 11.1 Å². The van der Waals surface area contributed by atoms with E-state index in [1.807, 2.05) is 43.3 Å². The molecule has 7 nitrogen and oxygen atoms in total. The molecule has 1 aliphatic heterocycles. The maximum Gasteiger partial charge on any atom is 0.421 e. The lowest BCUT2D eigenvalue weighted by Crippen LogP contribution is -2.56. The molecule has 2 unspecified atom stereocenters. The highest BCUT2D eigenvalue weighted by Gasteiger charge is 2.51. The summed E-state index contributed by atoms with van der Waals surface area (Å²) in [5.41, 5.74) is 0.563. The van der Waals surface area contributed by atoms with E-state index >= 15 is 0 Å². The van der Waals surface area contributed by atoms with Crippen molar-refractivity contribution in [3.63, 3.8) is 0 Å². The smallest absolute Gasteiger partial charge is 0.421 e. The molecule has 1 aliphatic rings. The molecule has 41 heavy (non-hydrogen) atoms. The van der Waals surface area contributed by atoms with Crippen LogP contribution in [-0.2, 0) is 33.0 Å². The van der Waals surface area contributed by atoms with Crippen LogP contribution in [-0.4, -0.2) is 77.5 Å². The summed E-state index contributed by atoms with van der Waals surface area (Å²) in [6.45, 7) is 7.00. The van der Waals surface area contributed by atoms with E-state index in [0.717, 1.165) is 35.7 Å². The normalized spacial score (nSPS) is 18.1. The number of hydrogen-bond donors (Lipinski definition) is 1. The molecule has 0 radical (unpaired) electrons. The molecule has 4 rings (SSSR count). The van der Waals surface area contributed by atoms with Crippen molar-refractivity contribution in [2.45, 2.75) is 44.8 Å². The molecule has 2 atom stereocenters. The molecule has 0 bridgehead atoms. The summed E-state index contributed by atoms with van der Waals surface area (Å²) in [5.74, 6) is -0.282. The number of aromatic nitrogens is 1. The van der Waals surface area contributed by atoms with E-state index in [1.54, 1.807) is 24.5 Å². The summed E-state index contributed by atoms with van der Waals surface area (Å²) in [7, 11) is 0. The van der Waals surface area contributed by atoms with Crippen LogP contribution in [0, 0.1) is 0 Å². The van der Waals surface area contributed by atoms with Gasteiger partial charge in [-0.25, -0.2) is 0 Å². The zero-order chi connectivity index (χ0) is 29.5. The minimum Gasteiger partial charge on any atom is -0.462 e. The SMILES string of the molecule is CCOCCOC(=O)C1CN(Cc2ccncc2)CCN1Cc1ccc(-c2ccc(C(C)(O)C(F)(F)F)cc2)cc1. The zero-order valence-corrected chi connectivity index (χ0v) is 23.3. The van der Waals surface area contributed by atoms with Crippen LogP contribution in [0.1, 0.15) is 30.5 Å². The standard InChI is InChI=1S/C31H36F3N3O4/c1-3-40-18-19-41-29(38)28-22-36(20-24-12-14-35-15-13-24)16-17-37(28)21-23-4-6-25(7-5-23)26-8-10-27(11-9-26)30(2,39)31(32,33)34/h4-15,28,39H,3,16-22H2,1-2H3. The Labute approximate surface area is 238 Å². The first-order valence-electron chi connectivity index (χ1n) is 13.7. The van der Waals surface area contributed by atoms with Crippen molar-refractivity contribution in [1.29, 1.82) is 0 Å². The molecule has 0 saturated carbocycles. The number of piperazine rings is 1. The molecule has 0 amide bonds. The molecule has 10 heteroatoms. The average Bonchev–Trinajstić information content (AvgIpc) is 2.96. The Morgan fingerprint density at radius 2 is 1.54 bits per heavy atom. The van der Waals surface area contributed by atoms with Gasteiger partial charge in [0.2, 0.25) is 0 Å². The number of benzene rings is 2. The predicted octanol–water partition coefficient (Wildman–Crippen LogP) is 4.78. The van der Waals surface area contributed by atoms with Gasteiger partial charge in [-0.3, -0.25) is 19.6 Å². The van der Waals surface area contributed by atoms with Crippen molar-refractivity contribution in [2.24, 2.45) is 0 Å². The van der Waals surface area contributed by atoms with Gasteiger partial charge in [-0.15, -0.1) is 0 Å². The minimum atomic E-state index is -4.77. The average molecular weight is 572 g/mol. The molecular weight excluding hydrogens is 535 g/mol. The Hall–Kier alpha value is -3.31. The summed E-state index contributed by atoms with van der Waals surface area (Å²) in [6, 6.07) is 16.9. The number of alkyl halides is 3. The van der Waals surface area contributed by atoms with E-state index in [0.29, 0.717) is 39.4 Å². The molecule has 0 aliphatic carbocycles. The summed E-state index contributed by atoms with van der Waals surface area (Å²) < 4.78 is 50.4. The predicted molar refractivity (Wildman–Crippen MR) is 149 cm³/mol. The highest BCUT2D eigenvalue weighted by atomic mass is 19.4. The largest absolute Gasteiger partial charge is 0.462 e. The number of hydrogen-bond acceptors (Lipinski definition) is 7. The number of rotatable bonds is 11. The zero-order valence-electron chi connectivity index (χ0n) is 23.3. The van der Waals surface area contributed by atoms with E-state index in [-0.39, 0.29) is 18.1 Å². The summed E-state index contributed by atoms with van der Waals surface area (Å²) >= 11 is 0. The Bertz CT molecular complexity index is 1250. The second-order valence-electron chi connectivity index (χ2n) is 10.3. The van der Waals surface area contributed by atoms with Crippen molar-refractivity contribution in [3.8, 4) is 11.1 Å². The number of carbonyl (C=O) groups is 1. The molecule has 1 aromatic heterocycles. The van der Waals surface area contributed by atoms with Gasteiger partial charge >= 0.3 is 12.1 Å². The first-order chi connectivity index (χ1) is 19.6. The van der Waals surface area contributed by atoms with Crippen molar-refractivity contribution in [2.75, 3.05) is 39.5 Å². The number of esters is 1. The summed E-state index contributed by atoms with van der Waals surface area (Å²) in [4.78, 5) is 21.5. The molecule has 2 heterocycles. The van der Waals surface area contributed by atoms with Crippen molar-refractivity contribution < 1.29 is 32.5 Å². The molecule has 1 saturated heterocycles. The van der Waals surface area contributed by atoms with Crippen LogP contribution in [0.4, 0.5) is 13.2 Å². The molecule has 0 spiro atoms. The fraction of sp³-hybridized carbons (Fsp3) is 0.419. The van der Waals surface area contributed by atoms with Crippen LogP contribution < -0.4 is 0 Å². The van der Waals surface area contributed by atoms with E-state index in [1.165, 1.54) is 12.1 Å². The highest BCUT2D eigenvalue weighted by Crippen LogP contribution is 2.39. The van der Waals surface area contributed by atoms with Gasteiger partial charge in [0.15, 0.2) is 5.60 Å². The van der Waals surface area contributed by atoms with Gasteiger partial charge in [-0.2, -0.15) is 13.2 Å². The van der Waals surface area contributed by atoms with Crippen LogP contribution in [0.2, 0.25) is 0 Å². The van der Waals surface area contributed by atoms with Crippen molar-refractivity contribution in [3.05, 3.63) is 89.7 Å². The van der Waals surface area contributed by atoms with Gasteiger partial charge in [0, 0.05) is 51.7 Å². The number of ether oxygens (including phenoxy) is 2. The Morgan fingerprint density at radius 3 is 2.15 bits per heavy atom. The Kier molecular flexibility index (Phi) is 10.1. The van der Waals surface area contributed by atoms with Crippen molar-refractivity contribution in [1.82, 2.24) is 14.8 Å². The fourth-order valence-corrected chi connectivity index (χ4v) is 4.81. The summed E-state index contributed by atoms with van der Waals surface area (Å²) in [6.07, 6.45) is -1.25. The molecule has 3 aromatic rings. The quantitative estimate of drug-likeness (QED) is 0.262. The maximum absolute atomic E-state index is 13.2. The van der Waals surface area contributed by atoms with Crippen LogP contribution in [0.5, 0.6) is 0 Å². The lowest BCUT2D eigenvalue weighted by molar-refractivity contribution is -0.258. The molecule has 1 fully saturated rings. The topological polar surface area (TPSA) is 75.1 Å². The van der Waals surface area contributed by atoms with Gasteiger partial charge in [-0.05, 0) is 53.8 Å². The van der Waals surface area contributed by atoms with Gasteiger partial charge in [0.05, 0.1) is 6.61 Å². The highest BCUT2D eigenvalue weighted by molar-refractivity contribution is 5.76. The number of nitrogens with zero attached hydrogens (tertiary/aromatic N) is 3. The summed E-state index contributed by atoms with van der Waals surface area (Å²) in [5, 5.41) is 9.92. The third-order valence-corrected chi connectivity index (χ3v) is 7.35. The lowest BCUT2D eigenvalue weighted by Gasteiger charge is -2.40. The molecule has 220 valence electrons. The second-order valence-corrected chi connectivity index (χ2v) is 10.3.